The third kappa shape index (κ3) is 3.76. The van der Waals surface area contributed by atoms with Crippen molar-refractivity contribution in [3.05, 3.63) is 65.9 Å². The lowest BCUT2D eigenvalue weighted by Crippen LogP contribution is -2.30. The summed E-state index contributed by atoms with van der Waals surface area (Å²) in [7, 11) is -3.84. The molecule has 1 heterocycles. The van der Waals surface area contributed by atoms with E-state index < -0.39 is 21.4 Å². The molecule has 3 rings (SSSR count). The normalized spacial score (nSPS) is 13.6. The predicted molar refractivity (Wildman–Crippen MR) is 110 cm³/mol. The second-order valence-corrected chi connectivity index (χ2v) is 8.94. The Kier molecular flexibility index (Phi) is 5.49. The number of aromatic nitrogens is 1. The summed E-state index contributed by atoms with van der Waals surface area (Å²) in [5.74, 6) is -0.624. The zero-order valence-corrected chi connectivity index (χ0v) is 17.4. The summed E-state index contributed by atoms with van der Waals surface area (Å²) < 4.78 is 32.8. The van der Waals surface area contributed by atoms with Crippen molar-refractivity contribution in [1.82, 2.24) is 3.97 Å². The van der Waals surface area contributed by atoms with E-state index in [2.05, 4.69) is 0 Å². The van der Waals surface area contributed by atoms with Gasteiger partial charge in [0.15, 0.2) is 5.41 Å². The van der Waals surface area contributed by atoms with E-state index in [-0.39, 0.29) is 17.9 Å². The monoisotopic (exact) mass is 410 g/mol. The highest BCUT2D eigenvalue weighted by molar-refractivity contribution is 7.90. The van der Waals surface area contributed by atoms with Crippen LogP contribution < -0.4 is 0 Å². The summed E-state index contributed by atoms with van der Waals surface area (Å²) >= 11 is 0. The second-order valence-electron chi connectivity index (χ2n) is 7.13. The topological polar surface area (TPSA) is 89.2 Å². The van der Waals surface area contributed by atoms with E-state index in [4.69, 9.17) is 4.74 Å². The van der Waals surface area contributed by atoms with Crippen LogP contribution in [-0.2, 0) is 26.0 Å². The van der Waals surface area contributed by atoms with E-state index in [1.165, 1.54) is 17.1 Å². The van der Waals surface area contributed by atoms with Crippen LogP contribution in [0.5, 0.6) is 0 Å². The van der Waals surface area contributed by atoms with Crippen molar-refractivity contribution >= 4 is 26.9 Å². The lowest BCUT2D eigenvalue weighted by atomic mass is 9.85. The van der Waals surface area contributed by atoms with Crippen LogP contribution in [0, 0.1) is 23.7 Å². The van der Waals surface area contributed by atoms with Gasteiger partial charge in [-0.15, -0.1) is 0 Å². The van der Waals surface area contributed by atoms with Crippen LogP contribution in [0.25, 0.3) is 10.9 Å². The van der Waals surface area contributed by atoms with Crippen LogP contribution >= 0.6 is 0 Å². The number of fused-ring (bicyclic) bond motifs is 1. The van der Waals surface area contributed by atoms with Crippen molar-refractivity contribution in [3.63, 3.8) is 0 Å². The number of hydrogen-bond acceptors (Lipinski definition) is 5. The maximum atomic E-state index is 13.3. The molecule has 29 heavy (non-hydrogen) atoms. The highest BCUT2D eigenvalue weighted by atomic mass is 32.2. The minimum Gasteiger partial charge on any atom is -0.465 e. The molecule has 0 aliphatic carbocycles. The minimum atomic E-state index is -3.84. The van der Waals surface area contributed by atoms with Gasteiger partial charge in [0.25, 0.3) is 10.0 Å². The van der Waals surface area contributed by atoms with Gasteiger partial charge in [0.05, 0.1) is 23.1 Å². The largest absolute Gasteiger partial charge is 0.465 e. The van der Waals surface area contributed by atoms with E-state index >= 15 is 0 Å². The van der Waals surface area contributed by atoms with Gasteiger partial charge in [0.1, 0.15) is 0 Å². The second kappa shape index (κ2) is 7.72. The van der Waals surface area contributed by atoms with E-state index in [1.54, 1.807) is 55.5 Å². The number of aryl methyl sites for hydroxylation is 1. The summed E-state index contributed by atoms with van der Waals surface area (Å²) in [6.45, 7) is 5.23. The van der Waals surface area contributed by atoms with Crippen LogP contribution in [0.15, 0.2) is 59.6 Å². The number of ether oxygens (including phenoxy) is 1. The Morgan fingerprint density at radius 1 is 1.17 bits per heavy atom. The molecule has 7 heteroatoms. The fourth-order valence-corrected chi connectivity index (χ4v) is 4.60. The third-order valence-electron chi connectivity index (χ3n) is 4.86. The van der Waals surface area contributed by atoms with Crippen molar-refractivity contribution < 1.29 is 17.9 Å². The van der Waals surface area contributed by atoms with Crippen LogP contribution in [0.1, 0.15) is 25.0 Å². The van der Waals surface area contributed by atoms with Crippen molar-refractivity contribution in [2.75, 3.05) is 6.61 Å². The molecule has 0 aliphatic heterocycles. The van der Waals surface area contributed by atoms with Gasteiger partial charge < -0.3 is 4.74 Å². The minimum absolute atomic E-state index is 0.0409. The molecule has 0 saturated heterocycles. The van der Waals surface area contributed by atoms with Gasteiger partial charge in [-0.05, 0) is 44.5 Å². The Morgan fingerprint density at radius 3 is 2.45 bits per heavy atom. The summed E-state index contributed by atoms with van der Waals surface area (Å²) in [6, 6.07) is 15.7. The summed E-state index contributed by atoms with van der Waals surface area (Å²) in [5, 5.41) is 10.3. The molecule has 150 valence electrons. The lowest BCUT2D eigenvalue weighted by Gasteiger charge is -2.18. The first kappa shape index (κ1) is 20.6. The number of hydrogen-bond donors (Lipinski definition) is 0. The molecule has 1 aromatic heterocycles. The molecule has 3 aromatic rings. The first-order valence-electron chi connectivity index (χ1n) is 9.22. The molecule has 0 saturated carbocycles. The molecule has 0 bridgehead atoms. The molecule has 0 N–H and O–H groups in total. The number of carbonyl (C=O) groups excluding carboxylic acids is 1. The first-order chi connectivity index (χ1) is 13.7. The zero-order chi connectivity index (χ0) is 21.2. The number of nitrogens with zero attached hydrogens (tertiary/aromatic N) is 2. The van der Waals surface area contributed by atoms with Gasteiger partial charge in [0.2, 0.25) is 0 Å². The summed E-state index contributed by atoms with van der Waals surface area (Å²) in [4.78, 5) is 12.5. The standard InChI is InChI=1S/C22H22N2O4S/c1-4-28-21(25)22(3,15-23)13-17-14-24(20-8-6-5-7-19(17)20)29(26,27)18-11-9-16(2)10-12-18/h5-12,14H,4,13H2,1-3H3. The SMILES string of the molecule is CCOC(=O)C(C)(C#N)Cc1cn(S(=O)(=O)c2ccc(C)cc2)c2ccccc12. The Balaban J connectivity index is 2.14. The smallest absolute Gasteiger partial charge is 0.326 e. The van der Waals surface area contributed by atoms with Crippen molar-refractivity contribution in [1.29, 1.82) is 5.26 Å². The molecule has 0 amide bonds. The lowest BCUT2D eigenvalue weighted by molar-refractivity contribution is -0.151. The molecule has 0 fully saturated rings. The first-order valence-corrected chi connectivity index (χ1v) is 10.7. The molecule has 0 radical (unpaired) electrons. The highest BCUT2D eigenvalue weighted by Crippen LogP contribution is 2.32. The van der Waals surface area contributed by atoms with Gasteiger partial charge in [-0.25, -0.2) is 12.4 Å². The number of benzene rings is 2. The molecule has 2 aromatic carbocycles. The Bertz CT molecular complexity index is 1200. The number of rotatable bonds is 6. The molecule has 0 spiro atoms. The van der Waals surface area contributed by atoms with E-state index in [1.807, 2.05) is 13.0 Å². The highest BCUT2D eigenvalue weighted by Gasteiger charge is 2.36. The van der Waals surface area contributed by atoms with Gasteiger partial charge in [-0.2, -0.15) is 5.26 Å². The Morgan fingerprint density at radius 2 is 1.83 bits per heavy atom. The third-order valence-corrected chi connectivity index (χ3v) is 6.54. The number of esters is 1. The zero-order valence-electron chi connectivity index (χ0n) is 16.5. The molecule has 1 atom stereocenters. The van der Waals surface area contributed by atoms with Gasteiger partial charge >= 0.3 is 5.97 Å². The molecule has 0 aliphatic rings. The average Bonchev–Trinajstić information content (AvgIpc) is 3.07. The number of para-hydroxylation sites is 1. The van der Waals surface area contributed by atoms with Gasteiger partial charge in [-0.1, -0.05) is 35.9 Å². The Hall–Kier alpha value is -3.11. The Labute approximate surface area is 170 Å². The van der Waals surface area contributed by atoms with E-state index in [0.717, 1.165) is 5.56 Å². The average molecular weight is 410 g/mol. The van der Waals surface area contributed by atoms with Crippen molar-refractivity contribution in [3.8, 4) is 6.07 Å². The summed E-state index contributed by atoms with van der Waals surface area (Å²) in [6.07, 6.45) is 1.54. The van der Waals surface area contributed by atoms with Gasteiger partial charge in [0, 0.05) is 18.0 Å². The molecular weight excluding hydrogens is 388 g/mol. The van der Waals surface area contributed by atoms with Crippen LogP contribution in [0.3, 0.4) is 0 Å². The van der Waals surface area contributed by atoms with Crippen LogP contribution in [-0.4, -0.2) is 25.0 Å². The molecular formula is C22H22N2O4S. The fraction of sp³-hybridized carbons (Fsp3) is 0.273. The molecule has 6 nitrogen and oxygen atoms in total. The maximum absolute atomic E-state index is 13.3. The van der Waals surface area contributed by atoms with Crippen molar-refractivity contribution in [2.24, 2.45) is 5.41 Å². The van der Waals surface area contributed by atoms with Crippen LogP contribution in [0.4, 0.5) is 0 Å². The summed E-state index contributed by atoms with van der Waals surface area (Å²) in [5.41, 5.74) is 0.625. The number of carbonyl (C=O) groups is 1. The quantitative estimate of drug-likeness (QED) is 0.576. The van der Waals surface area contributed by atoms with Crippen LogP contribution in [0.2, 0.25) is 0 Å². The van der Waals surface area contributed by atoms with E-state index in [9.17, 15) is 18.5 Å². The molecule has 1 unspecified atom stereocenters. The van der Waals surface area contributed by atoms with E-state index in [0.29, 0.717) is 16.5 Å². The maximum Gasteiger partial charge on any atom is 0.326 e. The van der Waals surface area contributed by atoms with Crippen molar-refractivity contribution in [2.45, 2.75) is 32.1 Å². The number of nitriles is 1. The fourth-order valence-electron chi connectivity index (χ4n) is 3.21. The van der Waals surface area contributed by atoms with Gasteiger partial charge in [-0.3, -0.25) is 4.79 Å². The predicted octanol–water partition coefficient (Wildman–Crippen LogP) is 3.82.